The SMILES string of the molecule is CCC(C)C1NC(=O)[C@H](Cc2ccc(O)cc2)NC(=O)CNC(=O)CC[C@@H](C(=O)NCCC2CC2C(=O)N[C@@H](Cc2ccc(N)cc2)C(=O)NCC(N)=O)NC(=O)[C@H](CC(N)=O)NC[C@@](C=O)(CCC(N)=O)NC1=O. The maximum Gasteiger partial charge on any atom is 0.243 e. The first-order chi connectivity index (χ1) is 35.5. The largest absolute Gasteiger partial charge is 0.508 e. The number of aromatic hydroxyl groups is 1. The molecule has 0 aromatic heterocycles. The molecular weight excluding hydrogens is 979 g/mol. The summed E-state index contributed by atoms with van der Waals surface area (Å²) in [5.41, 5.74) is 21.6. The summed E-state index contributed by atoms with van der Waals surface area (Å²) in [6.07, 6.45) is -1.18. The first-order valence-electron chi connectivity index (χ1n) is 24.5. The molecule has 1 saturated carbocycles. The third kappa shape index (κ3) is 19.7. The molecule has 1 aliphatic heterocycles. The van der Waals surface area contributed by atoms with Crippen molar-refractivity contribution < 1.29 is 62.6 Å². The molecule has 408 valence electrons. The molecule has 0 bridgehead atoms. The van der Waals surface area contributed by atoms with Crippen LogP contribution in [0.25, 0.3) is 0 Å². The predicted octanol–water partition coefficient (Wildman–Crippen LogP) is -4.45. The number of carbonyl (C=O) groups excluding carboxylic acids is 12. The minimum atomic E-state index is -2.01. The van der Waals surface area contributed by atoms with Crippen molar-refractivity contribution in [2.75, 3.05) is 31.9 Å². The number of amides is 11. The van der Waals surface area contributed by atoms with Crippen molar-refractivity contribution >= 4 is 77.0 Å². The van der Waals surface area contributed by atoms with E-state index in [2.05, 4.69) is 47.9 Å². The molecule has 1 heterocycles. The zero-order valence-corrected chi connectivity index (χ0v) is 41.9. The smallest absolute Gasteiger partial charge is 0.243 e. The van der Waals surface area contributed by atoms with Crippen molar-refractivity contribution in [3.05, 3.63) is 59.7 Å². The Balaban J connectivity index is 1.56. The van der Waals surface area contributed by atoms with Gasteiger partial charge in [0.05, 0.1) is 25.6 Å². The predicted molar refractivity (Wildman–Crippen MR) is 268 cm³/mol. The minimum absolute atomic E-state index is 0.0269. The topological polar surface area (TPSA) is 437 Å². The van der Waals surface area contributed by atoms with Gasteiger partial charge in [0, 0.05) is 50.4 Å². The second-order valence-electron chi connectivity index (χ2n) is 18.9. The summed E-state index contributed by atoms with van der Waals surface area (Å²) in [4.78, 5) is 158. The highest BCUT2D eigenvalue weighted by Gasteiger charge is 2.44. The van der Waals surface area contributed by atoms with Crippen LogP contribution in [0, 0.1) is 17.8 Å². The molecule has 18 N–H and O–H groups in total. The van der Waals surface area contributed by atoms with E-state index in [-0.39, 0.29) is 43.9 Å². The summed E-state index contributed by atoms with van der Waals surface area (Å²) in [6.45, 7) is 1.62. The highest BCUT2D eigenvalue weighted by Crippen LogP contribution is 2.41. The van der Waals surface area contributed by atoms with Gasteiger partial charge in [-0.25, -0.2) is 0 Å². The molecule has 1 aliphatic carbocycles. The van der Waals surface area contributed by atoms with E-state index >= 15 is 0 Å². The van der Waals surface area contributed by atoms with E-state index in [9.17, 15) is 62.6 Å². The molecular formula is C49H69N13O13. The molecule has 26 nitrogen and oxygen atoms in total. The van der Waals surface area contributed by atoms with Gasteiger partial charge in [0.2, 0.25) is 65.0 Å². The lowest BCUT2D eigenvalue weighted by Crippen LogP contribution is -2.64. The third-order valence-electron chi connectivity index (χ3n) is 12.9. The number of phenols is 1. The normalized spacial score (nSPS) is 23.7. The van der Waals surface area contributed by atoms with Gasteiger partial charge < -0.3 is 80.7 Å². The second-order valence-corrected chi connectivity index (χ2v) is 18.9. The Bertz CT molecular complexity index is 2420. The monoisotopic (exact) mass is 1050 g/mol. The fraction of sp³-hybridized carbons (Fsp3) is 0.510. The van der Waals surface area contributed by atoms with Crippen molar-refractivity contribution in [2.24, 2.45) is 35.0 Å². The number of phenolic OH excluding ortho intramolecular Hbond substituents is 1. The molecule has 4 rings (SSSR count). The number of nitrogens with one attached hydrogen (secondary N) is 9. The zero-order valence-electron chi connectivity index (χ0n) is 41.9. The number of rotatable bonds is 21. The number of nitrogen functional groups attached to an aromatic ring is 1. The Labute approximate surface area is 432 Å². The fourth-order valence-electron chi connectivity index (χ4n) is 8.19. The van der Waals surface area contributed by atoms with Crippen LogP contribution in [0.4, 0.5) is 5.69 Å². The van der Waals surface area contributed by atoms with Crippen LogP contribution >= 0.6 is 0 Å². The average molecular weight is 1050 g/mol. The number of benzene rings is 2. The lowest BCUT2D eigenvalue weighted by atomic mass is 9.91. The number of aldehydes is 1. The Hall–Kier alpha value is -8.16. The van der Waals surface area contributed by atoms with Crippen molar-refractivity contribution in [2.45, 2.75) is 114 Å². The molecule has 2 aliphatic rings. The number of anilines is 1. The van der Waals surface area contributed by atoms with Crippen LogP contribution in [-0.4, -0.2) is 138 Å². The Morgan fingerprint density at radius 2 is 1.48 bits per heavy atom. The van der Waals surface area contributed by atoms with Gasteiger partial charge in [0.1, 0.15) is 41.7 Å². The van der Waals surface area contributed by atoms with E-state index in [0.29, 0.717) is 35.9 Å². The summed E-state index contributed by atoms with van der Waals surface area (Å²) in [5, 5.41) is 33.2. The van der Waals surface area contributed by atoms with Crippen LogP contribution in [0.5, 0.6) is 5.75 Å². The van der Waals surface area contributed by atoms with Gasteiger partial charge in [-0.3, -0.25) is 52.7 Å². The molecule has 1 saturated heterocycles. The van der Waals surface area contributed by atoms with Gasteiger partial charge in [0.25, 0.3) is 0 Å². The highest BCUT2D eigenvalue weighted by atomic mass is 16.3. The van der Waals surface area contributed by atoms with Crippen LogP contribution in [0.1, 0.15) is 76.3 Å². The standard InChI is InChI=1S/C49H69N13O13/c1-3-26(2)42-48(75)62-49(25-63,16-14-37(51)65)24-57-34(21-38(52)66)46(73)59-33(12-13-40(68)55-23-41(69)58-36(47(74)61-42)19-28-6-10-31(64)11-7-28)44(71)54-17-15-29-20-32(29)43(70)60-35(45(72)56-22-39(53)67)18-27-4-8-30(50)9-5-27/h4-11,25-26,29,32-36,42,57,64H,3,12-24,50H2,1-2H3,(H2,51,65)(H2,52,66)(H2,53,67)(H,54,71)(H,55,68)(H,56,72)(H,58,69)(H,59,73)(H,60,70)(H,61,74)(H,62,75)/t26?,29?,32?,33-,34-,35-,36-,42?,49+/m0/s1. The van der Waals surface area contributed by atoms with Crippen molar-refractivity contribution in [3.8, 4) is 5.75 Å². The highest BCUT2D eigenvalue weighted by molar-refractivity contribution is 5.96. The maximum atomic E-state index is 14.2. The Morgan fingerprint density at radius 1 is 0.813 bits per heavy atom. The van der Waals surface area contributed by atoms with E-state index < -0.39 is 158 Å². The molecule has 26 heteroatoms. The molecule has 75 heavy (non-hydrogen) atoms. The quantitative estimate of drug-likeness (QED) is 0.0414. The minimum Gasteiger partial charge on any atom is -0.508 e. The van der Waals surface area contributed by atoms with Gasteiger partial charge >= 0.3 is 0 Å². The van der Waals surface area contributed by atoms with Gasteiger partial charge in [-0.2, -0.15) is 0 Å². The fourth-order valence-corrected chi connectivity index (χ4v) is 8.19. The summed E-state index contributed by atoms with van der Waals surface area (Å²) in [7, 11) is 0. The maximum absolute atomic E-state index is 14.2. The molecule has 2 aromatic rings. The Morgan fingerprint density at radius 3 is 2.11 bits per heavy atom. The molecule has 9 atom stereocenters. The number of carbonyl (C=O) groups is 12. The Kier molecular flexibility index (Phi) is 22.4. The van der Waals surface area contributed by atoms with Crippen molar-refractivity contribution in [1.29, 1.82) is 0 Å². The first kappa shape index (κ1) is 59.4. The summed E-state index contributed by atoms with van der Waals surface area (Å²) >= 11 is 0. The zero-order chi connectivity index (χ0) is 55.4. The second kappa shape index (κ2) is 28.3. The van der Waals surface area contributed by atoms with Crippen molar-refractivity contribution in [3.63, 3.8) is 0 Å². The van der Waals surface area contributed by atoms with Gasteiger partial charge in [-0.05, 0) is 72.9 Å². The summed E-state index contributed by atoms with van der Waals surface area (Å²) < 4.78 is 0. The van der Waals surface area contributed by atoms with E-state index in [0.717, 1.165) is 0 Å². The van der Waals surface area contributed by atoms with Crippen LogP contribution in [0.3, 0.4) is 0 Å². The van der Waals surface area contributed by atoms with Crippen molar-refractivity contribution in [1.82, 2.24) is 47.9 Å². The van der Waals surface area contributed by atoms with E-state index in [1.807, 2.05) is 0 Å². The van der Waals surface area contributed by atoms with Gasteiger partial charge in [-0.1, -0.05) is 44.5 Å². The molecule has 0 spiro atoms. The average Bonchev–Trinajstić information content (AvgIpc) is 4.15. The summed E-state index contributed by atoms with van der Waals surface area (Å²) in [5.74, 6) is -10.3. The molecule has 4 unspecified atom stereocenters. The third-order valence-corrected chi connectivity index (χ3v) is 12.9. The van der Waals surface area contributed by atoms with E-state index in [1.165, 1.54) is 24.3 Å². The van der Waals surface area contributed by atoms with Crippen LogP contribution in [-0.2, 0) is 70.4 Å². The summed E-state index contributed by atoms with van der Waals surface area (Å²) in [6, 6.07) is 5.55. The lowest BCUT2D eigenvalue weighted by molar-refractivity contribution is -0.135. The number of hydrogen-bond acceptors (Lipinski definition) is 15. The van der Waals surface area contributed by atoms with E-state index in [4.69, 9.17) is 22.9 Å². The number of hydrogen-bond donors (Lipinski definition) is 14. The van der Waals surface area contributed by atoms with Crippen LogP contribution < -0.4 is 70.8 Å². The van der Waals surface area contributed by atoms with E-state index in [1.54, 1.807) is 38.1 Å². The van der Waals surface area contributed by atoms with Gasteiger partial charge in [-0.15, -0.1) is 0 Å². The van der Waals surface area contributed by atoms with Crippen LogP contribution in [0.2, 0.25) is 0 Å². The lowest BCUT2D eigenvalue weighted by Gasteiger charge is -2.34. The first-order valence-corrected chi connectivity index (χ1v) is 24.5. The number of nitrogens with two attached hydrogens (primary N) is 4. The van der Waals surface area contributed by atoms with Crippen LogP contribution in [0.15, 0.2) is 48.5 Å². The molecule has 0 radical (unpaired) electrons. The number of primary amides is 3. The molecule has 2 fully saturated rings. The molecule has 11 amide bonds. The molecule has 2 aromatic carbocycles. The van der Waals surface area contributed by atoms with Gasteiger partial charge in [0.15, 0.2) is 0 Å².